The Morgan fingerprint density at radius 1 is 0.879 bits per heavy atom. The standard InChI is InChI=1S/C30H38FNO/c1-5-8-18-29(27(31)7-3)33-28-19-10-9-16-25(28)26-17-12-20-32-30(26)24-15-11-14-23(21-24)22(4)13-6-2/h9-12,14-17,19-22,27,29H,5-8,13,18H2,1-4H3. The van der Waals surface area contributed by atoms with E-state index in [1.807, 2.05) is 37.4 Å². The molecule has 176 valence electrons. The van der Waals surface area contributed by atoms with Gasteiger partial charge in [-0.05, 0) is 55.4 Å². The van der Waals surface area contributed by atoms with Crippen molar-refractivity contribution in [2.45, 2.75) is 84.4 Å². The smallest absolute Gasteiger partial charge is 0.137 e. The van der Waals surface area contributed by atoms with Gasteiger partial charge in [-0.2, -0.15) is 0 Å². The number of hydrogen-bond donors (Lipinski definition) is 0. The second-order valence-corrected chi connectivity index (χ2v) is 8.93. The zero-order valence-corrected chi connectivity index (χ0v) is 20.6. The molecule has 2 nitrogen and oxygen atoms in total. The number of unbranched alkanes of at least 4 members (excludes halogenated alkanes) is 1. The predicted molar refractivity (Wildman–Crippen MR) is 138 cm³/mol. The van der Waals surface area contributed by atoms with E-state index in [2.05, 4.69) is 57.2 Å². The SMILES string of the molecule is CCCCC(Oc1ccccc1-c1cccnc1-c1cccc(C(C)CCC)c1)C(F)CC. The highest BCUT2D eigenvalue weighted by molar-refractivity contribution is 5.83. The number of rotatable bonds is 12. The lowest BCUT2D eigenvalue weighted by atomic mass is 9.92. The van der Waals surface area contributed by atoms with Gasteiger partial charge in [0.05, 0.1) is 5.69 Å². The van der Waals surface area contributed by atoms with Crippen molar-refractivity contribution in [2.75, 3.05) is 0 Å². The van der Waals surface area contributed by atoms with Gasteiger partial charge >= 0.3 is 0 Å². The van der Waals surface area contributed by atoms with E-state index in [1.54, 1.807) is 0 Å². The van der Waals surface area contributed by atoms with Crippen LogP contribution in [0, 0.1) is 0 Å². The Balaban J connectivity index is 2.01. The summed E-state index contributed by atoms with van der Waals surface area (Å²) in [5, 5.41) is 0. The minimum atomic E-state index is -0.977. The van der Waals surface area contributed by atoms with Crippen LogP contribution in [0.3, 0.4) is 0 Å². The average molecular weight is 448 g/mol. The second-order valence-electron chi connectivity index (χ2n) is 8.93. The van der Waals surface area contributed by atoms with Crippen LogP contribution in [0.15, 0.2) is 66.9 Å². The van der Waals surface area contributed by atoms with E-state index in [-0.39, 0.29) is 0 Å². The van der Waals surface area contributed by atoms with Crippen LogP contribution in [-0.4, -0.2) is 17.3 Å². The zero-order chi connectivity index (χ0) is 23.6. The fraction of sp³-hybridized carbons (Fsp3) is 0.433. The van der Waals surface area contributed by atoms with E-state index in [0.717, 1.165) is 60.2 Å². The minimum Gasteiger partial charge on any atom is -0.487 e. The number of hydrogen-bond acceptors (Lipinski definition) is 2. The third-order valence-corrected chi connectivity index (χ3v) is 6.35. The summed E-state index contributed by atoms with van der Waals surface area (Å²) in [6.07, 6.45) is 5.90. The van der Waals surface area contributed by atoms with E-state index < -0.39 is 12.3 Å². The molecule has 1 heterocycles. The van der Waals surface area contributed by atoms with E-state index in [9.17, 15) is 4.39 Å². The Hall–Kier alpha value is -2.68. The molecule has 0 N–H and O–H groups in total. The van der Waals surface area contributed by atoms with E-state index in [1.165, 1.54) is 5.56 Å². The molecule has 2 aromatic carbocycles. The van der Waals surface area contributed by atoms with Crippen LogP contribution in [0.4, 0.5) is 4.39 Å². The predicted octanol–water partition coefficient (Wildman–Crippen LogP) is 9.00. The molecule has 0 fully saturated rings. The summed E-state index contributed by atoms with van der Waals surface area (Å²) in [6.45, 7) is 8.51. The molecule has 0 bridgehead atoms. The molecule has 3 rings (SSSR count). The number of nitrogens with zero attached hydrogens (tertiary/aromatic N) is 1. The van der Waals surface area contributed by atoms with Crippen molar-refractivity contribution in [1.29, 1.82) is 0 Å². The van der Waals surface area contributed by atoms with Gasteiger partial charge in [-0.1, -0.05) is 83.0 Å². The molecule has 0 aliphatic carbocycles. The molecule has 3 unspecified atom stereocenters. The van der Waals surface area contributed by atoms with Gasteiger partial charge in [-0.3, -0.25) is 4.98 Å². The van der Waals surface area contributed by atoms with Gasteiger partial charge in [0, 0.05) is 22.9 Å². The number of ether oxygens (including phenoxy) is 1. The number of pyridine rings is 1. The minimum absolute atomic E-state index is 0.436. The fourth-order valence-electron chi connectivity index (χ4n) is 4.38. The summed E-state index contributed by atoms with van der Waals surface area (Å²) in [7, 11) is 0. The van der Waals surface area contributed by atoms with Crippen molar-refractivity contribution >= 4 is 0 Å². The van der Waals surface area contributed by atoms with E-state index >= 15 is 0 Å². The zero-order valence-electron chi connectivity index (χ0n) is 20.6. The Labute approximate surface area is 199 Å². The van der Waals surface area contributed by atoms with Crippen LogP contribution in [0.5, 0.6) is 5.75 Å². The van der Waals surface area contributed by atoms with Gasteiger partial charge in [0.25, 0.3) is 0 Å². The maximum absolute atomic E-state index is 14.7. The number of para-hydroxylation sites is 1. The van der Waals surface area contributed by atoms with Crippen LogP contribution in [0.2, 0.25) is 0 Å². The summed E-state index contributed by atoms with van der Waals surface area (Å²) in [5.41, 5.74) is 5.32. The largest absolute Gasteiger partial charge is 0.487 e. The molecule has 3 atom stereocenters. The number of alkyl halides is 1. The molecule has 3 heteroatoms. The molecule has 0 saturated heterocycles. The molecule has 0 saturated carbocycles. The quantitative estimate of drug-likeness (QED) is 0.276. The molecule has 0 aliphatic rings. The number of aromatic nitrogens is 1. The maximum atomic E-state index is 14.7. The van der Waals surface area contributed by atoms with Crippen molar-refractivity contribution in [2.24, 2.45) is 0 Å². The van der Waals surface area contributed by atoms with Crippen molar-refractivity contribution in [1.82, 2.24) is 4.98 Å². The molecule has 3 aromatic rings. The molecule has 0 amide bonds. The average Bonchev–Trinajstić information content (AvgIpc) is 2.86. The lowest BCUT2D eigenvalue weighted by molar-refractivity contribution is 0.0882. The molecule has 33 heavy (non-hydrogen) atoms. The van der Waals surface area contributed by atoms with Gasteiger partial charge in [-0.25, -0.2) is 4.39 Å². The molecule has 0 aliphatic heterocycles. The van der Waals surface area contributed by atoms with Crippen LogP contribution < -0.4 is 4.74 Å². The van der Waals surface area contributed by atoms with Crippen LogP contribution in [0.25, 0.3) is 22.4 Å². The van der Waals surface area contributed by atoms with E-state index in [4.69, 9.17) is 9.72 Å². The second kappa shape index (κ2) is 12.5. The van der Waals surface area contributed by atoms with Crippen LogP contribution in [-0.2, 0) is 0 Å². The highest BCUT2D eigenvalue weighted by Crippen LogP contribution is 2.38. The highest BCUT2D eigenvalue weighted by Gasteiger charge is 2.23. The topological polar surface area (TPSA) is 22.1 Å². The van der Waals surface area contributed by atoms with Crippen molar-refractivity contribution < 1.29 is 9.13 Å². The lowest BCUT2D eigenvalue weighted by Crippen LogP contribution is -2.28. The highest BCUT2D eigenvalue weighted by atomic mass is 19.1. The Morgan fingerprint density at radius 2 is 1.67 bits per heavy atom. The van der Waals surface area contributed by atoms with Gasteiger partial charge in [0.15, 0.2) is 0 Å². The molecular weight excluding hydrogens is 409 g/mol. The summed E-state index contributed by atoms with van der Waals surface area (Å²) in [5.74, 6) is 1.23. The van der Waals surface area contributed by atoms with Crippen molar-refractivity contribution in [3.63, 3.8) is 0 Å². The van der Waals surface area contributed by atoms with Crippen molar-refractivity contribution in [3.05, 3.63) is 72.4 Å². The third-order valence-electron chi connectivity index (χ3n) is 6.35. The molecule has 0 radical (unpaired) electrons. The summed E-state index contributed by atoms with van der Waals surface area (Å²) in [4.78, 5) is 4.76. The normalized spacial score (nSPS) is 14.0. The summed E-state index contributed by atoms with van der Waals surface area (Å²) < 4.78 is 21.1. The number of benzene rings is 2. The first-order valence-electron chi connectivity index (χ1n) is 12.5. The summed E-state index contributed by atoms with van der Waals surface area (Å²) in [6, 6.07) is 20.7. The third kappa shape index (κ3) is 6.43. The van der Waals surface area contributed by atoms with Gasteiger partial charge in [-0.15, -0.1) is 0 Å². The maximum Gasteiger partial charge on any atom is 0.137 e. The fourth-order valence-corrected chi connectivity index (χ4v) is 4.38. The van der Waals surface area contributed by atoms with Crippen LogP contribution in [0.1, 0.15) is 77.7 Å². The first-order chi connectivity index (χ1) is 16.1. The first kappa shape index (κ1) is 25.0. The van der Waals surface area contributed by atoms with Gasteiger partial charge < -0.3 is 4.74 Å². The van der Waals surface area contributed by atoms with Crippen LogP contribution >= 0.6 is 0 Å². The van der Waals surface area contributed by atoms with Gasteiger partial charge in [0.1, 0.15) is 18.0 Å². The Morgan fingerprint density at radius 3 is 2.42 bits per heavy atom. The lowest BCUT2D eigenvalue weighted by Gasteiger charge is -2.24. The first-order valence-corrected chi connectivity index (χ1v) is 12.5. The molecule has 0 spiro atoms. The Kier molecular flexibility index (Phi) is 9.47. The molecular formula is C30H38FNO. The molecule has 1 aromatic heterocycles. The number of halogens is 1. The van der Waals surface area contributed by atoms with Gasteiger partial charge in [0.2, 0.25) is 0 Å². The summed E-state index contributed by atoms with van der Waals surface area (Å²) >= 11 is 0. The van der Waals surface area contributed by atoms with Crippen molar-refractivity contribution in [3.8, 4) is 28.1 Å². The Bertz CT molecular complexity index is 1000. The van der Waals surface area contributed by atoms with E-state index in [0.29, 0.717) is 12.3 Å². The monoisotopic (exact) mass is 447 g/mol.